The molecule has 1 unspecified atom stereocenters. The Hall–Kier alpha value is -3.42. The van der Waals surface area contributed by atoms with E-state index in [4.69, 9.17) is 10.8 Å². The first-order chi connectivity index (χ1) is 17.2. The molecule has 0 aliphatic carbocycles. The Morgan fingerprint density at radius 3 is 2.44 bits per heavy atom. The minimum absolute atomic E-state index is 0.000979. The van der Waals surface area contributed by atoms with Crippen LogP contribution < -0.4 is 16.6 Å². The van der Waals surface area contributed by atoms with Gasteiger partial charge < -0.3 is 15.6 Å². The topological polar surface area (TPSA) is 82.3 Å². The highest BCUT2D eigenvalue weighted by Crippen LogP contribution is 2.38. The summed E-state index contributed by atoms with van der Waals surface area (Å²) in [6, 6.07) is 15.1. The number of aryl methyl sites for hydroxylation is 2. The van der Waals surface area contributed by atoms with Crippen molar-refractivity contribution in [3.05, 3.63) is 83.2 Å². The van der Waals surface area contributed by atoms with Crippen LogP contribution in [0.4, 0.5) is 17.3 Å². The fraction of sp³-hybridized carbons (Fsp3) is 0.379. The number of nitrogens with one attached hydrogen (secondary N) is 2. The first kappa shape index (κ1) is 24.3. The van der Waals surface area contributed by atoms with Gasteiger partial charge in [0, 0.05) is 60.0 Å². The van der Waals surface area contributed by atoms with Gasteiger partial charge in [-0.3, -0.25) is 10.7 Å². The van der Waals surface area contributed by atoms with Crippen LogP contribution >= 0.6 is 0 Å². The van der Waals surface area contributed by atoms with E-state index < -0.39 is 0 Å². The molecule has 36 heavy (non-hydrogen) atoms. The summed E-state index contributed by atoms with van der Waals surface area (Å²) in [4.78, 5) is 14.5. The van der Waals surface area contributed by atoms with Crippen LogP contribution in [0.25, 0.3) is 5.70 Å². The molecule has 2 aromatic carbocycles. The smallest absolute Gasteiger partial charge is 0.227 e. The highest BCUT2D eigenvalue weighted by Gasteiger charge is 2.39. The Labute approximate surface area is 214 Å². The SMILES string of the molecule is C=C(c1ccc(NN)cc1)N1CCC(N2Cc3cnc(Nc4cc(C)cc(C)c4)nc3C2)CC1(C)C. The largest absolute Gasteiger partial charge is 0.366 e. The molecular formula is C29H37N7. The van der Waals surface area contributed by atoms with Gasteiger partial charge in [-0.25, -0.2) is 9.97 Å². The van der Waals surface area contributed by atoms with Crippen LogP contribution in [-0.4, -0.2) is 37.9 Å². The quantitative estimate of drug-likeness (QED) is 0.322. The molecule has 3 heterocycles. The predicted molar refractivity (Wildman–Crippen MR) is 148 cm³/mol. The third kappa shape index (κ3) is 4.94. The van der Waals surface area contributed by atoms with Gasteiger partial charge in [-0.1, -0.05) is 24.8 Å². The molecule has 2 aliphatic rings. The van der Waals surface area contributed by atoms with Crippen LogP contribution in [0.5, 0.6) is 0 Å². The van der Waals surface area contributed by atoms with Crippen LogP contribution in [0.3, 0.4) is 0 Å². The average Bonchev–Trinajstić information content (AvgIpc) is 3.26. The lowest BCUT2D eigenvalue weighted by Gasteiger charge is -2.50. The van der Waals surface area contributed by atoms with E-state index in [0.717, 1.165) is 60.8 Å². The summed E-state index contributed by atoms with van der Waals surface area (Å²) in [5, 5.41) is 3.40. The van der Waals surface area contributed by atoms with E-state index in [1.54, 1.807) is 0 Å². The number of hydrogen-bond donors (Lipinski definition) is 3. The maximum atomic E-state index is 5.52. The minimum Gasteiger partial charge on any atom is -0.366 e. The molecule has 0 spiro atoms. The Balaban J connectivity index is 1.24. The summed E-state index contributed by atoms with van der Waals surface area (Å²) in [6.45, 7) is 16.1. The molecule has 5 rings (SSSR count). The molecule has 4 N–H and O–H groups in total. The third-order valence-corrected chi connectivity index (χ3v) is 7.54. The van der Waals surface area contributed by atoms with Gasteiger partial charge in [-0.2, -0.15) is 0 Å². The number of nitrogens with zero attached hydrogens (tertiary/aromatic N) is 4. The highest BCUT2D eigenvalue weighted by atomic mass is 15.3. The van der Waals surface area contributed by atoms with Crippen LogP contribution in [-0.2, 0) is 13.1 Å². The number of likely N-dealkylation sites (tertiary alicyclic amines) is 1. The molecule has 3 aromatic rings. The number of hydrogen-bond acceptors (Lipinski definition) is 7. The van der Waals surface area contributed by atoms with Gasteiger partial charge in [0.2, 0.25) is 5.95 Å². The summed E-state index contributed by atoms with van der Waals surface area (Å²) in [6.07, 6.45) is 4.17. The molecular weight excluding hydrogens is 446 g/mol. The molecule has 7 heteroatoms. The lowest BCUT2D eigenvalue weighted by Crippen LogP contribution is -2.53. The summed E-state index contributed by atoms with van der Waals surface area (Å²) in [5.41, 5.74) is 11.6. The number of anilines is 3. The second-order valence-electron chi connectivity index (χ2n) is 10.9. The van der Waals surface area contributed by atoms with E-state index in [0.29, 0.717) is 12.0 Å². The number of piperidine rings is 1. The first-order valence-corrected chi connectivity index (χ1v) is 12.7. The Morgan fingerprint density at radius 2 is 1.78 bits per heavy atom. The zero-order chi connectivity index (χ0) is 25.4. The van der Waals surface area contributed by atoms with Crippen LogP contribution in [0, 0.1) is 13.8 Å². The van der Waals surface area contributed by atoms with E-state index in [9.17, 15) is 0 Å². The maximum absolute atomic E-state index is 5.52. The second-order valence-corrected chi connectivity index (χ2v) is 10.9. The van der Waals surface area contributed by atoms with E-state index in [1.165, 1.54) is 16.7 Å². The van der Waals surface area contributed by atoms with Crippen molar-refractivity contribution in [2.24, 2.45) is 5.84 Å². The van der Waals surface area contributed by atoms with Crippen molar-refractivity contribution >= 4 is 23.0 Å². The number of nitrogens with two attached hydrogens (primary N) is 1. The lowest BCUT2D eigenvalue weighted by atomic mass is 9.85. The van der Waals surface area contributed by atoms with Crippen molar-refractivity contribution in [3.8, 4) is 0 Å². The van der Waals surface area contributed by atoms with Gasteiger partial charge >= 0.3 is 0 Å². The van der Waals surface area contributed by atoms with Gasteiger partial charge in [-0.05, 0) is 81.5 Å². The van der Waals surface area contributed by atoms with E-state index >= 15 is 0 Å². The van der Waals surface area contributed by atoms with Crippen molar-refractivity contribution in [1.82, 2.24) is 19.8 Å². The first-order valence-electron chi connectivity index (χ1n) is 12.7. The molecule has 1 fully saturated rings. The third-order valence-electron chi connectivity index (χ3n) is 7.54. The molecule has 1 atom stereocenters. The number of hydrazine groups is 1. The number of fused-ring (bicyclic) bond motifs is 1. The molecule has 0 saturated carbocycles. The Morgan fingerprint density at radius 1 is 1.06 bits per heavy atom. The van der Waals surface area contributed by atoms with Crippen molar-refractivity contribution in [3.63, 3.8) is 0 Å². The summed E-state index contributed by atoms with van der Waals surface area (Å²) < 4.78 is 0. The number of nitrogen functional groups attached to an aromatic ring is 1. The van der Waals surface area contributed by atoms with Crippen molar-refractivity contribution < 1.29 is 0 Å². The maximum Gasteiger partial charge on any atom is 0.227 e. The zero-order valence-electron chi connectivity index (χ0n) is 21.8. The Kier molecular flexibility index (Phi) is 6.45. The van der Waals surface area contributed by atoms with E-state index in [-0.39, 0.29) is 5.54 Å². The molecule has 188 valence electrons. The number of aromatic nitrogens is 2. The second kappa shape index (κ2) is 9.56. The normalized spacial score (nSPS) is 19.1. The molecule has 0 bridgehead atoms. The van der Waals surface area contributed by atoms with Gasteiger partial charge in [0.15, 0.2) is 0 Å². The average molecular weight is 484 g/mol. The molecule has 0 amide bonds. The molecule has 1 saturated heterocycles. The van der Waals surface area contributed by atoms with E-state index in [2.05, 4.69) is 90.1 Å². The van der Waals surface area contributed by atoms with Gasteiger partial charge in [0.25, 0.3) is 0 Å². The zero-order valence-corrected chi connectivity index (χ0v) is 21.8. The van der Waals surface area contributed by atoms with Crippen LogP contribution in [0.15, 0.2) is 55.2 Å². The summed E-state index contributed by atoms with van der Waals surface area (Å²) in [5.74, 6) is 6.19. The number of rotatable bonds is 6. The standard InChI is InChI=1S/C29H37N7/c1-19-12-20(2)14-25(13-19)32-28-31-16-23-17-35(18-27(23)33-28)26-10-11-36(29(4,5)15-26)21(3)22-6-8-24(34-30)9-7-22/h6-9,12-14,16,26,34H,3,10-11,15,17-18,30H2,1-2,4-5H3,(H,31,32,33). The molecule has 1 aromatic heterocycles. The molecule has 7 nitrogen and oxygen atoms in total. The van der Waals surface area contributed by atoms with Crippen molar-refractivity contribution in [1.29, 1.82) is 0 Å². The molecule has 2 aliphatic heterocycles. The van der Waals surface area contributed by atoms with E-state index in [1.807, 2.05) is 18.3 Å². The van der Waals surface area contributed by atoms with Crippen LogP contribution in [0.2, 0.25) is 0 Å². The summed E-state index contributed by atoms with van der Waals surface area (Å²) >= 11 is 0. The van der Waals surface area contributed by atoms with Crippen LogP contribution in [0.1, 0.15) is 54.6 Å². The van der Waals surface area contributed by atoms with Gasteiger partial charge in [-0.15, -0.1) is 0 Å². The summed E-state index contributed by atoms with van der Waals surface area (Å²) in [7, 11) is 0. The number of benzene rings is 2. The minimum atomic E-state index is 0.000979. The Bertz CT molecular complexity index is 1240. The van der Waals surface area contributed by atoms with Gasteiger partial charge in [0.05, 0.1) is 5.69 Å². The fourth-order valence-corrected chi connectivity index (χ4v) is 5.77. The van der Waals surface area contributed by atoms with Crippen molar-refractivity contribution in [2.75, 3.05) is 17.3 Å². The van der Waals surface area contributed by atoms with Crippen molar-refractivity contribution in [2.45, 2.75) is 65.2 Å². The lowest BCUT2D eigenvalue weighted by molar-refractivity contribution is 0.0538. The van der Waals surface area contributed by atoms with Gasteiger partial charge in [0.1, 0.15) is 0 Å². The predicted octanol–water partition coefficient (Wildman–Crippen LogP) is 5.35. The molecule has 0 radical (unpaired) electrons. The highest BCUT2D eigenvalue weighted by molar-refractivity contribution is 5.65. The fourth-order valence-electron chi connectivity index (χ4n) is 5.77. The monoisotopic (exact) mass is 483 g/mol.